The number of methoxy groups -OCH3 is 4. The Bertz CT molecular complexity index is 1290. The number of ether oxygens (including phenoxy) is 4. The molecule has 3 aromatic carbocycles. The zero-order valence-corrected chi connectivity index (χ0v) is 20.6. The third-order valence-electron chi connectivity index (χ3n) is 6.39. The molecule has 1 heterocycles. The van der Waals surface area contributed by atoms with E-state index in [-0.39, 0.29) is 18.0 Å². The number of hydrogen-bond acceptors (Lipinski definition) is 7. The SMILES string of the molecule is COc1ccc(CC(=O)N2CCc3cc(OC)c(OC)cc3[C@@H]2c2cccc([N+](=O)[O-])c2)cc1OC. The molecule has 1 amide bonds. The lowest BCUT2D eigenvalue weighted by Gasteiger charge is -2.38. The smallest absolute Gasteiger partial charge is 0.269 e. The second-order valence-electron chi connectivity index (χ2n) is 8.36. The molecule has 1 aliphatic rings. The highest BCUT2D eigenvalue weighted by atomic mass is 16.6. The normalized spacial score (nSPS) is 14.6. The molecule has 9 nitrogen and oxygen atoms in total. The van der Waals surface area contributed by atoms with Crippen molar-refractivity contribution in [3.63, 3.8) is 0 Å². The molecule has 0 saturated heterocycles. The molecular weight excluding hydrogens is 464 g/mol. The lowest BCUT2D eigenvalue weighted by Crippen LogP contribution is -2.41. The van der Waals surface area contributed by atoms with Gasteiger partial charge in [-0.2, -0.15) is 0 Å². The number of hydrogen-bond donors (Lipinski definition) is 0. The van der Waals surface area contributed by atoms with Crippen LogP contribution in [-0.4, -0.2) is 50.7 Å². The Morgan fingerprint density at radius 2 is 1.58 bits per heavy atom. The summed E-state index contributed by atoms with van der Waals surface area (Å²) in [6, 6.07) is 15.0. The molecule has 188 valence electrons. The molecule has 0 fully saturated rings. The van der Waals surface area contributed by atoms with Crippen LogP contribution in [0.25, 0.3) is 0 Å². The number of amides is 1. The lowest BCUT2D eigenvalue weighted by molar-refractivity contribution is -0.384. The van der Waals surface area contributed by atoms with Crippen molar-refractivity contribution in [1.82, 2.24) is 4.90 Å². The predicted octanol–water partition coefficient (Wildman–Crippen LogP) is 4.35. The van der Waals surface area contributed by atoms with Gasteiger partial charge in [0.1, 0.15) is 0 Å². The van der Waals surface area contributed by atoms with Crippen LogP contribution in [0.5, 0.6) is 23.0 Å². The number of nitro groups is 1. The van der Waals surface area contributed by atoms with E-state index in [2.05, 4.69) is 0 Å². The van der Waals surface area contributed by atoms with Crippen molar-refractivity contribution in [3.8, 4) is 23.0 Å². The molecule has 36 heavy (non-hydrogen) atoms. The summed E-state index contributed by atoms with van der Waals surface area (Å²) in [6.07, 6.45) is 0.743. The summed E-state index contributed by atoms with van der Waals surface area (Å²) in [4.78, 5) is 26.5. The summed E-state index contributed by atoms with van der Waals surface area (Å²) in [7, 11) is 6.23. The van der Waals surface area contributed by atoms with Crippen molar-refractivity contribution >= 4 is 11.6 Å². The van der Waals surface area contributed by atoms with Gasteiger partial charge in [0.15, 0.2) is 23.0 Å². The first-order valence-electron chi connectivity index (χ1n) is 11.4. The summed E-state index contributed by atoms with van der Waals surface area (Å²) in [5.74, 6) is 2.13. The van der Waals surface area contributed by atoms with E-state index in [9.17, 15) is 14.9 Å². The van der Waals surface area contributed by atoms with Crippen molar-refractivity contribution in [2.75, 3.05) is 35.0 Å². The van der Waals surface area contributed by atoms with E-state index in [0.29, 0.717) is 41.5 Å². The fraction of sp³-hybridized carbons (Fsp3) is 0.296. The van der Waals surface area contributed by atoms with Crippen molar-refractivity contribution in [2.24, 2.45) is 0 Å². The third-order valence-corrected chi connectivity index (χ3v) is 6.39. The Balaban J connectivity index is 1.77. The summed E-state index contributed by atoms with van der Waals surface area (Å²) >= 11 is 0. The quantitative estimate of drug-likeness (QED) is 0.340. The van der Waals surface area contributed by atoms with E-state index in [1.165, 1.54) is 12.1 Å². The first kappa shape index (κ1) is 24.8. The maximum absolute atomic E-state index is 13.7. The molecule has 0 N–H and O–H groups in total. The number of non-ortho nitro benzene ring substituents is 1. The molecule has 1 atom stereocenters. The lowest BCUT2D eigenvalue weighted by atomic mass is 9.87. The van der Waals surface area contributed by atoms with E-state index < -0.39 is 11.0 Å². The van der Waals surface area contributed by atoms with Gasteiger partial charge in [-0.05, 0) is 52.9 Å². The van der Waals surface area contributed by atoms with E-state index in [4.69, 9.17) is 18.9 Å². The fourth-order valence-electron chi connectivity index (χ4n) is 4.65. The summed E-state index contributed by atoms with van der Waals surface area (Å²) in [6.45, 7) is 0.446. The number of rotatable bonds is 8. The largest absolute Gasteiger partial charge is 0.493 e. The minimum atomic E-state index is -0.527. The number of nitrogens with zero attached hydrogens (tertiary/aromatic N) is 2. The van der Waals surface area contributed by atoms with Gasteiger partial charge >= 0.3 is 0 Å². The zero-order chi connectivity index (χ0) is 25.8. The van der Waals surface area contributed by atoms with Crippen molar-refractivity contribution in [1.29, 1.82) is 0 Å². The highest BCUT2D eigenvalue weighted by molar-refractivity contribution is 5.80. The second kappa shape index (κ2) is 10.6. The van der Waals surface area contributed by atoms with Gasteiger partial charge in [0.25, 0.3) is 5.69 Å². The van der Waals surface area contributed by atoms with Gasteiger partial charge in [0, 0.05) is 18.7 Å². The van der Waals surface area contributed by atoms with Gasteiger partial charge in [0.05, 0.1) is 45.8 Å². The monoisotopic (exact) mass is 492 g/mol. The molecule has 1 aliphatic heterocycles. The Morgan fingerprint density at radius 3 is 2.25 bits per heavy atom. The van der Waals surface area contributed by atoms with Crippen molar-refractivity contribution < 1.29 is 28.7 Å². The average molecular weight is 493 g/mol. The molecule has 0 bridgehead atoms. The highest BCUT2D eigenvalue weighted by Crippen LogP contribution is 2.42. The molecule has 0 aliphatic carbocycles. The summed E-state index contributed by atoms with van der Waals surface area (Å²) in [5.41, 5.74) is 3.23. The van der Waals surface area contributed by atoms with Crippen LogP contribution in [0.3, 0.4) is 0 Å². The Kier molecular flexibility index (Phi) is 7.28. The van der Waals surface area contributed by atoms with Crippen LogP contribution in [0.4, 0.5) is 5.69 Å². The number of fused-ring (bicyclic) bond motifs is 1. The third kappa shape index (κ3) is 4.77. The number of benzene rings is 3. The first-order chi connectivity index (χ1) is 17.4. The molecule has 3 aromatic rings. The van der Waals surface area contributed by atoms with E-state index >= 15 is 0 Å². The molecule has 4 rings (SSSR count). The minimum absolute atomic E-state index is 0.0348. The van der Waals surface area contributed by atoms with Crippen LogP contribution in [0.2, 0.25) is 0 Å². The number of carbonyl (C=O) groups excluding carboxylic acids is 1. The van der Waals surface area contributed by atoms with E-state index in [1.54, 1.807) is 57.6 Å². The first-order valence-corrected chi connectivity index (χ1v) is 11.4. The maximum atomic E-state index is 13.7. The Labute approximate surface area is 209 Å². The van der Waals surface area contributed by atoms with Gasteiger partial charge in [0.2, 0.25) is 5.91 Å². The zero-order valence-electron chi connectivity index (χ0n) is 20.6. The van der Waals surface area contributed by atoms with Crippen molar-refractivity contribution in [3.05, 3.63) is 87.0 Å². The highest BCUT2D eigenvalue weighted by Gasteiger charge is 2.34. The Morgan fingerprint density at radius 1 is 0.917 bits per heavy atom. The fourth-order valence-corrected chi connectivity index (χ4v) is 4.65. The van der Waals surface area contributed by atoms with Gasteiger partial charge in [-0.1, -0.05) is 18.2 Å². The molecule has 0 radical (unpaired) electrons. The Hall–Kier alpha value is -4.27. The van der Waals surface area contributed by atoms with Gasteiger partial charge in [-0.15, -0.1) is 0 Å². The minimum Gasteiger partial charge on any atom is -0.493 e. The molecule has 0 spiro atoms. The predicted molar refractivity (Wildman–Crippen MR) is 133 cm³/mol. The summed E-state index contributed by atoms with van der Waals surface area (Å²) < 4.78 is 21.7. The van der Waals surface area contributed by atoms with E-state index in [1.807, 2.05) is 18.2 Å². The molecular formula is C27H28N2O7. The van der Waals surface area contributed by atoms with Crippen LogP contribution in [0.1, 0.15) is 28.3 Å². The standard InChI is InChI=1S/C27H28N2O7/c1-33-22-9-8-17(12-23(22)34-2)13-26(30)28-11-10-18-15-24(35-3)25(36-4)16-21(18)27(28)19-6-5-7-20(14-19)29(31)32/h5-9,12,14-16,27H,10-11,13H2,1-4H3/t27-/m0/s1. The molecule has 0 saturated carbocycles. The van der Waals surface area contributed by atoms with Gasteiger partial charge < -0.3 is 23.8 Å². The maximum Gasteiger partial charge on any atom is 0.269 e. The van der Waals surface area contributed by atoms with Gasteiger partial charge in [-0.25, -0.2) is 0 Å². The number of carbonyl (C=O) groups is 1. The van der Waals surface area contributed by atoms with Crippen LogP contribution in [0, 0.1) is 10.1 Å². The van der Waals surface area contributed by atoms with Crippen molar-refractivity contribution in [2.45, 2.75) is 18.9 Å². The van der Waals surface area contributed by atoms with Crippen LogP contribution >= 0.6 is 0 Å². The van der Waals surface area contributed by atoms with E-state index in [0.717, 1.165) is 16.7 Å². The van der Waals surface area contributed by atoms with Crippen LogP contribution < -0.4 is 18.9 Å². The second-order valence-corrected chi connectivity index (χ2v) is 8.36. The average Bonchev–Trinajstić information content (AvgIpc) is 2.91. The van der Waals surface area contributed by atoms with Crippen LogP contribution in [0.15, 0.2) is 54.6 Å². The molecule has 9 heteroatoms. The molecule has 0 unspecified atom stereocenters. The summed E-state index contributed by atoms with van der Waals surface area (Å²) in [5, 5.41) is 11.5. The van der Waals surface area contributed by atoms with Crippen LogP contribution in [-0.2, 0) is 17.6 Å². The number of nitro benzene ring substituents is 1. The molecule has 0 aromatic heterocycles. The topological polar surface area (TPSA) is 100 Å². The van der Waals surface area contributed by atoms with Gasteiger partial charge in [-0.3, -0.25) is 14.9 Å².